The second-order valence-corrected chi connectivity index (χ2v) is 7.71. The summed E-state index contributed by atoms with van der Waals surface area (Å²) < 4.78 is 0. The maximum atomic E-state index is 6.75. The molecule has 0 spiro atoms. The zero-order valence-electron chi connectivity index (χ0n) is 18.0. The fraction of sp³-hybridized carbons (Fsp3) is 0.480. The van der Waals surface area contributed by atoms with Gasteiger partial charge < -0.3 is 0 Å². The molecule has 0 bridgehead atoms. The van der Waals surface area contributed by atoms with Crippen LogP contribution in [0.15, 0.2) is 58.2 Å². The number of halogens is 1. The molecule has 0 N–H and O–H groups in total. The van der Waals surface area contributed by atoms with Crippen LogP contribution in [0.25, 0.3) is 5.57 Å². The predicted molar refractivity (Wildman–Crippen MR) is 124 cm³/mol. The first kappa shape index (κ1) is 23.4. The zero-order valence-corrected chi connectivity index (χ0v) is 18.8. The molecule has 148 valence electrons. The Kier molecular flexibility index (Phi) is 10.4. The quantitative estimate of drug-likeness (QED) is 0.283. The summed E-state index contributed by atoms with van der Waals surface area (Å²) in [7, 11) is 0. The van der Waals surface area contributed by atoms with E-state index in [2.05, 4.69) is 77.4 Å². The topological polar surface area (TPSA) is 12.4 Å². The van der Waals surface area contributed by atoms with Crippen LogP contribution >= 0.6 is 11.6 Å². The Morgan fingerprint density at radius 1 is 1.19 bits per heavy atom. The molecule has 27 heavy (non-hydrogen) atoms. The third-order valence-electron chi connectivity index (χ3n) is 5.35. The molecule has 1 nitrogen and oxygen atoms in total. The molecule has 1 aromatic carbocycles. The number of hydrogen-bond acceptors (Lipinski definition) is 1. The van der Waals surface area contributed by atoms with Gasteiger partial charge in [0.25, 0.3) is 0 Å². The van der Waals surface area contributed by atoms with Crippen LogP contribution in [0.4, 0.5) is 0 Å². The SMILES string of the molecule is C=C(C(=C(\C)CC)/C(Cl)=C\N=C(C)C(C)CC)c1ccccc1CCCC. The molecule has 0 saturated carbocycles. The lowest BCUT2D eigenvalue weighted by Crippen LogP contribution is -2.04. The Labute approximate surface area is 171 Å². The molecule has 0 heterocycles. The first-order valence-electron chi connectivity index (χ1n) is 10.2. The average molecular weight is 386 g/mol. The van der Waals surface area contributed by atoms with E-state index in [4.69, 9.17) is 11.6 Å². The van der Waals surface area contributed by atoms with Crippen LogP contribution in [0.2, 0.25) is 0 Å². The van der Waals surface area contributed by atoms with Crippen molar-refractivity contribution in [2.24, 2.45) is 10.9 Å². The molecule has 0 aliphatic heterocycles. The van der Waals surface area contributed by atoms with Crippen molar-refractivity contribution < 1.29 is 0 Å². The molecule has 0 aliphatic carbocycles. The molecular formula is C25H36ClN. The van der Waals surface area contributed by atoms with Crippen LogP contribution in [0.5, 0.6) is 0 Å². The second-order valence-electron chi connectivity index (χ2n) is 7.30. The van der Waals surface area contributed by atoms with E-state index in [1.54, 1.807) is 6.20 Å². The number of nitrogens with zero attached hydrogens (tertiary/aromatic N) is 1. The van der Waals surface area contributed by atoms with Gasteiger partial charge in [0.05, 0.1) is 5.03 Å². The third kappa shape index (κ3) is 6.81. The first-order valence-corrected chi connectivity index (χ1v) is 10.6. The number of rotatable bonds is 10. The van der Waals surface area contributed by atoms with Gasteiger partial charge in [0.15, 0.2) is 0 Å². The van der Waals surface area contributed by atoms with Gasteiger partial charge in [0.1, 0.15) is 0 Å². The van der Waals surface area contributed by atoms with Crippen molar-refractivity contribution in [2.45, 2.75) is 73.6 Å². The Morgan fingerprint density at radius 2 is 1.85 bits per heavy atom. The van der Waals surface area contributed by atoms with E-state index in [9.17, 15) is 0 Å². The smallest absolute Gasteiger partial charge is 0.0666 e. The minimum atomic E-state index is 0.461. The van der Waals surface area contributed by atoms with E-state index in [-0.39, 0.29) is 0 Å². The highest BCUT2D eigenvalue weighted by molar-refractivity contribution is 6.33. The molecular weight excluding hydrogens is 350 g/mol. The van der Waals surface area contributed by atoms with Gasteiger partial charge >= 0.3 is 0 Å². The molecule has 0 fully saturated rings. The lowest BCUT2D eigenvalue weighted by Gasteiger charge is -2.17. The van der Waals surface area contributed by atoms with Crippen LogP contribution in [-0.2, 0) is 6.42 Å². The summed E-state index contributed by atoms with van der Waals surface area (Å²) >= 11 is 6.75. The van der Waals surface area contributed by atoms with Crippen LogP contribution in [0, 0.1) is 5.92 Å². The molecule has 0 saturated heterocycles. The van der Waals surface area contributed by atoms with Gasteiger partial charge in [-0.25, -0.2) is 0 Å². The molecule has 0 aromatic heterocycles. The lowest BCUT2D eigenvalue weighted by atomic mass is 9.90. The summed E-state index contributed by atoms with van der Waals surface area (Å²) in [4.78, 5) is 4.63. The Bertz CT molecular complexity index is 722. The van der Waals surface area contributed by atoms with E-state index >= 15 is 0 Å². The summed E-state index contributed by atoms with van der Waals surface area (Å²) in [6.45, 7) is 17.4. The van der Waals surface area contributed by atoms with Gasteiger partial charge in [-0.3, -0.25) is 4.99 Å². The maximum absolute atomic E-state index is 6.75. The monoisotopic (exact) mass is 385 g/mol. The van der Waals surface area contributed by atoms with E-state index in [0.29, 0.717) is 11.0 Å². The van der Waals surface area contributed by atoms with Crippen molar-refractivity contribution in [3.05, 3.63) is 64.3 Å². The highest BCUT2D eigenvalue weighted by atomic mass is 35.5. The normalized spacial score (nSPS) is 14.8. The molecule has 1 atom stereocenters. The van der Waals surface area contributed by atoms with Crippen molar-refractivity contribution in [1.29, 1.82) is 0 Å². The van der Waals surface area contributed by atoms with Gasteiger partial charge in [-0.1, -0.05) is 82.1 Å². The van der Waals surface area contributed by atoms with Crippen molar-refractivity contribution >= 4 is 22.9 Å². The van der Waals surface area contributed by atoms with E-state index in [1.165, 1.54) is 29.5 Å². The van der Waals surface area contributed by atoms with Crippen molar-refractivity contribution in [2.75, 3.05) is 0 Å². The van der Waals surface area contributed by atoms with Gasteiger partial charge in [-0.05, 0) is 62.1 Å². The fourth-order valence-corrected chi connectivity index (χ4v) is 3.29. The molecule has 1 unspecified atom stereocenters. The van der Waals surface area contributed by atoms with Crippen molar-refractivity contribution in [3.63, 3.8) is 0 Å². The average Bonchev–Trinajstić information content (AvgIpc) is 2.69. The van der Waals surface area contributed by atoms with Gasteiger partial charge in [-0.2, -0.15) is 0 Å². The minimum Gasteiger partial charge on any atom is -0.264 e. The van der Waals surface area contributed by atoms with E-state index in [1.807, 2.05) is 0 Å². The summed E-state index contributed by atoms with van der Waals surface area (Å²) in [6, 6.07) is 8.55. The number of hydrogen-bond donors (Lipinski definition) is 0. The van der Waals surface area contributed by atoms with Crippen LogP contribution in [-0.4, -0.2) is 5.71 Å². The van der Waals surface area contributed by atoms with Crippen molar-refractivity contribution in [3.8, 4) is 0 Å². The third-order valence-corrected chi connectivity index (χ3v) is 5.63. The number of allylic oxidation sites excluding steroid dienone is 4. The Balaban J connectivity index is 3.32. The molecule has 0 amide bonds. The second kappa shape index (κ2) is 12.0. The van der Waals surface area contributed by atoms with Gasteiger partial charge in [0.2, 0.25) is 0 Å². The lowest BCUT2D eigenvalue weighted by molar-refractivity contribution is 0.736. The Hall–Kier alpha value is -1.60. The largest absolute Gasteiger partial charge is 0.264 e. The number of aliphatic imine (C=N–C) groups is 1. The number of aryl methyl sites for hydroxylation is 1. The fourth-order valence-electron chi connectivity index (χ4n) is 2.96. The summed E-state index contributed by atoms with van der Waals surface area (Å²) in [5, 5.41) is 0.673. The van der Waals surface area contributed by atoms with Gasteiger partial charge in [-0.15, -0.1) is 0 Å². The van der Waals surface area contributed by atoms with Crippen LogP contribution in [0.1, 0.15) is 78.4 Å². The highest BCUT2D eigenvalue weighted by Crippen LogP contribution is 2.35. The maximum Gasteiger partial charge on any atom is 0.0666 e. The molecule has 2 heteroatoms. The number of unbranched alkanes of at least 4 members (excludes halogenated alkanes) is 1. The molecule has 0 aliphatic rings. The Morgan fingerprint density at radius 3 is 2.44 bits per heavy atom. The van der Waals surface area contributed by atoms with Crippen LogP contribution < -0.4 is 0 Å². The minimum absolute atomic E-state index is 0.461. The predicted octanol–water partition coefficient (Wildman–Crippen LogP) is 8.36. The summed E-state index contributed by atoms with van der Waals surface area (Å²) in [6.07, 6.45) is 7.24. The number of benzene rings is 1. The standard InChI is InChI=1S/C25H36ClN/c1-8-11-14-22-15-12-13-16-23(22)20(6)25(19(5)10-3)24(26)17-27-21(7)18(4)9-2/h12-13,15-18H,6,8-11,14H2,1-5,7H3/b24-17+,25-19-,27-21?. The molecule has 0 radical (unpaired) electrons. The summed E-state index contributed by atoms with van der Waals surface area (Å²) in [5.41, 5.74) is 6.92. The first-order chi connectivity index (χ1) is 12.9. The molecule has 1 rings (SSSR count). The summed E-state index contributed by atoms with van der Waals surface area (Å²) in [5.74, 6) is 0.461. The van der Waals surface area contributed by atoms with Crippen molar-refractivity contribution in [1.82, 2.24) is 0 Å². The highest BCUT2D eigenvalue weighted by Gasteiger charge is 2.15. The van der Waals surface area contributed by atoms with E-state index in [0.717, 1.165) is 36.1 Å². The molecule has 1 aromatic rings. The zero-order chi connectivity index (χ0) is 20.4. The van der Waals surface area contributed by atoms with E-state index < -0.39 is 0 Å². The van der Waals surface area contributed by atoms with Crippen LogP contribution in [0.3, 0.4) is 0 Å². The van der Waals surface area contributed by atoms with Gasteiger partial charge in [0, 0.05) is 17.5 Å².